The lowest BCUT2D eigenvalue weighted by Gasteiger charge is -2.20. The highest BCUT2D eigenvalue weighted by atomic mass is 16.5. The predicted molar refractivity (Wildman–Crippen MR) is 90.0 cm³/mol. The molecule has 2 nitrogen and oxygen atoms in total. The first-order valence-electron chi connectivity index (χ1n) is 7.80. The lowest BCUT2D eigenvalue weighted by atomic mass is 10.0. The Kier molecular flexibility index (Phi) is 3.53. The van der Waals surface area contributed by atoms with E-state index in [1.54, 1.807) is 0 Å². The molecule has 22 heavy (non-hydrogen) atoms. The number of hydrogen-bond donors (Lipinski definition) is 0. The molecule has 0 aliphatic carbocycles. The van der Waals surface area contributed by atoms with Crippen molar-refractivity contribution in [2.45, 2.75) is 13.1 Å². The van der Waals surface area contributed by atoms with Crippen molar-refractivity contribution in [2.24, 2.45) is 0 Å². The Balaban J connectivity index is 1.63. The summed E-state index contributed by atoms with van der Waals surface area (Å²) >= 11 is 0. The zero-order valence-corrected chi connectivity index (χ0v) is 12.5. The van der Waals surface area contributed by atoms with Gasteiger partial charge in [0, 0.05) is 25.2 Å². The molecule has 0 atom stereocenters. The predicted octanol–water partition coefficient (Wildman–Crippen LogP) is 4.23. The summed E-state index contributed by atoms with van der Waals surface area (Å²) in [6.07, 6.45) is 0. The Labute approximate surface area is 130 Å². The fraction of sp³-hybridized carbons (Fsp3) is 0.200. The lowest BCUT2D eigenvalue weighted by Crippen LogP contribution is -2.25. The maximum absolute atomic E-state index is 5.86. The van der Waals surface area contributed by atoms with E-state index in [2.05, 4.69) is 65.6 Å². The Hall–Kier alpha value is -2.32. The average molecular weight is 289 g/mol. The fourth-order valence-corrected chi connectivity index (χ4v) is 3.19. The maximum Gasteiger partial charge on any atom is 0.123 e. The quantitative estimate of drug-likeness (QED) is 0.700. The van der Waals surface area contributed by atoms with E-state index in [-0.39, 0.29) is 0 Å². The van der Waals surface area contributed by atoms with Crippen molar-refractivity contribution < 1.29 is 4.74 Å². The molecular weight excluding hydrogens is 270 g/mol. The third-order valence-corrected chi connectivity index (χ3v) is 4.31. The molecular formula is C20H19NO. The number of fused-ring (bicyclic) bond motifs is 2. The molecule has 1 heterocycles. The van der Waals surface area contributed by atoms with Gasteiger partial charge in [-0.15, -0.1) is 0 Å². The summed E-state index contributed by atoms with van der Waals surface area (Å²) in [6.45, 7) is 3.61. The minimum Gasteiger partial charge on any atom is -0.492 e. The van der Waals surface area contributed by atoms with E-state index in [4.69, 9.17) is 4.74 Å². The first-order chi connectivity index (χ1) is 10.9. The average Bonchev–Trinajstić information content (AvgIpc) is 2.77. The first kappa shape index (κ1) is 13.4. The van der Waals surface area contributed by atoms with Crippen molar-refractivity contribution in [3.05, 3.63) is 77.9 Å². The van der Waals surface area contributed by atoms with Crippen molar-refractivity contribution in [3.63, 3.8) is 0 Å². The van der Waals surface area contributed by atoms with Crippen LogP contribution < -0.4 is 4.74 Å². The van der Waals surface area contributed by atoms with Gasteiger partial charge in [-0.05, 0) is 22.4 Å². The third kappa shape index (κ3) is 2.58. The van der Waals surface area contributed by atoms with E-state index in [1.165, 1.54) is 21.9 Å². The Morgan fingerprint density at radius 3 is 2.68 bits per heavy atom. The van der Waals surface area contributed by atoms with Crippen LogP contribution in [0.2, 0.25) is 0 Å². The zero-order chi connectivity index (χ0) is 14.8. The normalized spacial score (nSPS) is 15.1. The number of rotatable bonds is 2. The summed E-state index contributed by atoms with van der Waals surface area (Å²) in [7, 11) is 0. The number of para-hydroxylation sites is 1. The van der Waals surface area contributed by atoms with Crippen LogP contribution in [0.3, 0.4) is 0 Å². The van der Waals surface area contributed by atoms with E-state index < -0.39 is 0 Å². The second kappa shape index (κ2) is 5.82. The SMILES string of the molecule is c1ccc2c(c1)CN(Cc1cccc3ccccc13)CCO2. The van der Waals surface area contributed by atoms with E-state index in [0.29, 0.717) is 0 Å². The van der Waals surface area contributed by atoms with Crippen LogP contribution in [-0.2, 0) is 13.1 Å². The summed E-state index contributed by atoms with van der Waals surface area (Å²) in [6, 6.07) is 23.5. The maximum atomic E-state index is 5.86. The van der Waals surface area contributed by atoms with Crippen molar-refractivity contribution in [3.8, 4) is 5.75 Å². The first-order valence-corrected chi connectivity index (χ1v) is 7.80. The molecule has 4 rings (SSSR count). The van der Waals surface area contributed by atoms with Gasteiger partial charge in [0.05, 0.1) is 0 Å². The van der Waals surface area contributed by atoms with Crippen LogP contribution >= 0.6 is 0 Å². The molecule has 0 spiro atoms. The van der Waals surface area contributed by atoms with Crippen LogP contribution in [0, 0.1) is 0 Å². The molecule has 1 aliphatic rings. The monoisotopic (exact) mass is 289 g/mol. The molecule has 0 aromatic heterocycles. The van der Waals surface area contributed by atoms with Gasteiger partial charge in [-0.2, -0.15) is 0 Å². The molecule has 110 valence electrons. The summed E-state index contributed by atoms with van der Waals surface area (Å²) in [5, 5.41) is 2.66. The van der Waals surface area contributed by atoms with Crippen LogP contribution in [0.5, 0.6) is 5.75 Å². The van der Waals surface area contributed by atoms with Gasteiger partial charge in [-0.3, -0.25) is 4.90 Å². The molecule has 1 aliphatic heterocycles. The molecule has 0 bridgehead atoms. The second-order valence-electron chi connectivity index (χ2n) is 5.81. The Morgan fingerprint density at radius 2 is 1.68 bits per heavy atom. The van der Waals surface area contributed by atoms with Gasteiger partial charge < -0.3 is 4.74 Å². The van der Waals surface area contributed by atoms with Crippen LogP contribution in [0.4, 0.5) is 0 Å². The van der Waals surface area contributed by atoms with Gasteiger partial charge >= 0.3 is 0 Å². The third-order valence-electron chi connectivity index (χ3n) is 4.31. The second-order valence-corrected chi connectivity index (χ2v) is 5.81. The Morgan fingerprint density at radius 1 is 0.864 bits per heavy atom. The summed E-state index contributed by atoms with van der Waals surface area (Å²) in [4.78, 5) is 2.47. The molecule has 2 heteroatoms. The van der Waals surface area contributed by atoms with Gasteiger partial charge in [0.1, 0.15) is 12.4 Å². The summed E-state index contributed by atoms with van der Waals surface area (Å²) in [5.41, 5.74) is 2.66. The van der Waals surface area contributed by atoms with Crippen LogP contribution in [0.1, 0.15) is 11.1 Å². The number of ether oxygens (including phenoxy) is 1. The Bertz CT molecular complexity index is 791. The molecule has 0 fully saturated rings. The minimum absolute atomic E-state index is 0.752. The zero-order valence-electron chi connectivity index (χ0n) is 12.5. The highest BCUT2D eigenvalue weighted by Crippen LogP contribution is 2.25. The van der Waals surface area contributed by atoms with Crippen LogP contribution in [0.15, 0.2) is 66.7 Å². The van der Waals surface area contributed by atoms with Crippen LogP contribution in [0.25, 0.3) is 10.8 Å². The highest BCUT2D eigenvalue weighted by Gasteiger charge is 2.15. The van der Waals surface area contributed by atoms with Crippen LogP contribution in [-0.4, -0.2) is 18.1 Å². The molecule has 0 saturated carbocycles. The van der Waals surface area contributed by atoms with Crippen molar-refractivity contribution in [2.75, 3.05) is 13.2 Å². The van der Waals surface area contributed by atoms with E-state index in [9.17, 15) is 0 Å². The number of nitrogens with zero attached hydrogens (tertiary/aromatic N) is 1. The topological polar surface area (TPSA) is 12.5 Å². The van der Waals surface area contributed by atoms with Gasteiger partial charge in [-0.25, -0.2) is 0 Å². The molecule has 3 aromatic carbocycles. The standard InChI is InChI=1S/C20H19NO/c1-3-10-19-16(6-1)8-5-9-17(19)14-21-12-13-22-20-11-4-2-7-18(20)15-21/h1-11H,12-15H2. The van der Waals surface area contributed by atoms with E-state index >= 15 is 0 Å². The molecule has 0 N–H and O–H groups in total. The largest absolute Gasteiger partial charge is 0.492 e. The molecule has 0 saturated heterocycles. The fourth-order valence-electron chi connectivity index (χ4n) is 3.19. The van der Waals surface area contributed by atoms with Gasteiger partial charge in [0.25, 0.3) is 0 Å². The van der Waals surface area contributed by atoms with Crippen molar-refractivity contribution in [1.82, 2.24) is 4.90 Å². The van der Waals surface area contributed by atoms with Crippen molar-refractivity contribution in [1.29, 1.82) is 0 Å². The van der Waals surface area contributed by atoms with Gasteiger partial charge in [0.2, 0.25) is 0 Å². The lowest BCUT2D eigenvalue weighted by molar-refractivity contribution is 0.220. The molecule has 0 radical (unpaired) electrons. The van der Waals surface area contributed by atoms with E-state index in [0.717, 1.165) is 32.0 Å². The molecule has 0 unspecified atom stereocenters. The van der Waals surface area contributed by atoms with Gasteiger partial charge in [-0.1, -0.05) is 60.7 Å². The smallest absolute Gasteiger partial charge is 0.123 e. The van der Waals surface area contributed by atoms with Gasteiger partial charge in [0.15, 0.2) is 0 Å². The number of hydrogen-bond acceptors (Lipinski definition) is 2. The van der Waals surface area contributed by atoms with E-state index in [1.807, 2.05) is 6.07 Å². The van der Waals surface area contributed by atoms with Crippen molar-refractivity contribution >= 4 is 10.8 Å². The highest BCUT2D eigenvalue weighted by molar-refractivity contribution is 5.85. The minimum atomic E-state index is 0.752. The number of benzene rings is 3. The molecule has 0 amide bonds. The summed E-state index contributed by atoms with van der Waals surface area (Å²) in [5.74, 6) is 1.03. The molecule has 3 aromatic rings. The summed E-state index contributed by atoms with van der Waals surface area (Å²) < 4.78 is 5.86.